The summed E-state index contributed by atoms with van der Waals surface area (Å²) in [7, 11) is 3.28. The van der Waals surface area contributed by atoms with Crippen molar-refractivity contribution < 1.29 is 19.1 Å². The van der Waals surface area contributed by atoms with Crippen molar-refractivity contribution in [2.75, 3.05) is 20.8 Å². The smallest absolute Gasteiger partial charge is 0.331 e. The van der Waals surface area contributed by atoms with Crippen LogP contribution in [-0.2, 0) is 20.9 Å². The molecule has 0 unspecified atom stereocenters. The van der Waals surface area contributed by atoms with E-state index in [2.05, 4.69) is 0 Å². The molecular formula is C21H23NO4. The van der Waals surface area contributed by atoms with E-state index in [0.717, 1.165) is 16.9 Å². The Labute approximate surface area is 153 Å². The van der Waals surface area contributed by atoms with Crippen LogP contribution in [0.2, 0.25) is 0 Å². The monoisotopic (exact) mass is 353 g/mol. The van der Waals surface area contributed by atoms with E-state index in [4.69, 9.17) is 9.47 Å². The topological polar surface area (TPSA) is 55.8 Å². The minimum absolute atomic E-state index is 0.253. The Morgan fingerprint density at radius 3 is 2.31 bits per heavy atom. The summed E-state index contributed by atoms with van der Waals surface area (Å²) in [6.45, 7) is 2.20. The van der Waals surface area contributed by atoms with Gasteiger partial charge >= 0.3 is 5.97 Å². The fraction of sp³-hybridized carbons (Fsp3) is 0.238. The van der Waals surface area contributed by atoms with Crippen LogP contribution >= 0.6 is 0 Å². The summed E-state index contributed by atoms with van der Waals surface area (Å²) >= 11 is 0. The van der Waals surface area contributed by atoms with Crippen LogP contribution in [0.25, 0.3) is 6.08 Å². The van der Waals surface area contributed by atoms with Gasteiger partial charge in [0.2, 0.25) is 0 Å². The molecule has 0 aliphatic heterocycles. The first-order chi connectivity index (χ1) is 12.5. The Morgan fingerprint density at radius 1 is 1.04 bits per heavy atom. The first-order valence-electron chi connectivity index (χ1n) is 8.26. The average Bonchev–Trinajstić information content (AvgIpc) is 2.66. The van der Waals surface area contributed by atoms with Gasteiger partial charge in [-0.2, -0.15) is 0 Å². The number of ether oxygens (including phenoxy) is 2. The Hall–Kier alpha value is -3.08. The van der Waals surface area contributed by atoms with Crippen molar-refractivity contribution in [3.05, 3.63) is 71.3 Å². The number of esters is 1. The van der Waals surface area contributed by atoms with Crippen LogP contribution in [0, 0.1) is 6.92 Å². The first-order valence-corrected chi connectivity index (χ1v) is 8.26. The molecule has 136 valence electrons. The molecule has 2 rings (SSSR count). The van der Waals surface area contributed by atoms with Crippen LogP contribution in [0.4, 0.5) is 0 Å². The minimum atomic E-state index is -0.557. The van der Waals surface area contributed by atoms with Gasteiger partial charge in [-0.15, -0.1) is 0 Å². The number of rotatable bonds is 7. The largest absolute Gasteiger partial charge is 0.497 e. The highest BCUT2D eigenvalue weighted by Crippen LogP contribution is 2.12. The number of benzene rings is 2. The maximum atomic E-state index is 12.1. The van der Waals surface area contributed by atoms with Crippen LogP contribution in [0.5, 0.6) is 5.75 Å². The molecule has 0 heterocycles. The molecule has 0 saturated carbocycles. The number of nitrogens with zero attached hydrogens (tertiary/aromatic N) is 1. The highest BCUT2D eigenvalue weighted by molar-refractivity contribution is 5.89. The zero-order valence-corrected chi connectivity index (χ0v) is 15.3. The van der Waals surface area contributed by atoms with Gasteiger partial charge in [0, 0.05) is 19.7 Å². The molecule has 0 N–H and O–H groups in total. The second kappa shape index (κ2) is 9.42. The van der Waals surface area contributed by atoms with Crippen molar-refractivity contribution in [1.82, 2.24) is 4.90 Å². The lowest BCUT2D eigenvalue weighted by atomic mass is 10.1. The normalized spacial score (nSPS) is 10.6. The Kier molecular flexibility index (Phi) is 6.97. The summed E-state index contributed by atoms with van der Waals surface area (Å²) in [6.07, 6.45) is 2.93. The molecule has 1 amide bonds. The van der Waals surface area contributed by atoms with Crippen LogP contribution in [0.1, 0.15) is 16.7 Å². The number of aryl methyl sites for hydroxylation is 1. The van der Waals surface area contributed by atoms with Crippen molar-refractivity contribution in [3.63, 3.8) is 0 Å². The summed E-state index contributed by atoms with van der Waals surface area (Å²) < 4.78 is 10.1. The van der Waals surface area contributed by atoms with Gasteiger partial charge in [-0.1, -0.05) is 42.0 Å². The molecule has 0 aliphatic rings. The summed E-state index contributed by atoms with van der Waals surface area (Å²) in [5, 5.41) is 0. The number of hydrogen-bond acceptors (Lipinski definition) is 4. The van der Waals surface area contributed by atoms with Crippen molar-refractivity contribution in [1.29, 1.82) is 0 Å². The summed E-state index contributed by atoms with van der Waals surface area (Å²) in [6, 6.07) is 15.2. The molecule has 5 nitrogen and oxygen atoms in total. The lowest BCUT2D eigenvalue weighted by molar-refractivity contribution is -0.147. The van der Waals surface area contributed by atoms with Gasteiger partial charge in [0.25, 0.3) is 5.91 Å². The molecule has 0 aliphatic carbocycles. The third kappa shape index (κ3) is 6.09. The highest BCUT2D eigenvalue weighted by atomic mass is 16.5. The maximum Gasteiger partial charge on any atom is 0.331 e. The fourth-order valence-electron chi connectivity index (χ4n) is 2.23. The molecule has 0 atom stereocenters. The fourth-order valence-corrected chi connectivity index (χ4v) is 2.23. The number of hydrogen-bond donors (Lipinski definition) is 0. The van der Waals surface area contributed by atoms with E-state index in [1.54, 1.807) is 32.4 Å². The molecular weight excluding hydrogens is 330 g/mol. The third-order valence-electron chi connectivity index (χ3n) is 3.83. The Balaban J connectivity index is 1.78. The Morgan fingerprint density at radius 2 is 1.69 bits per heavy atom. The van der Waals surface area contributed by atoms with E-state index in [0.29, 0.717) is 6.54 Å². The van der Waals surface area contributed by atoms with Crippen molar-refractivity contribution in [2.45, 2.75) is 13.5 Å². The van der Waals surface area contributed by atoms with Crippen LogP contribution in [0.3, 0.4) is 0 Å². The summed E-state index contributed by atoms with van der Waals surface area (Å²) in [5.74, 6) is -0.0680. The molecule has 0 radical (unpaired) electrons. The van der Waals surface area contributed by atoms with Gasteiger partial charge in [0.05, 0.1) is 7.11 Å². The van der Waals surface area contributed by atoms with Crippen LogP contribution in [0.15, 0.2) is 54.6 Å². The van der Waals surface area contributed by atoms with Crippen LogP contribution < -0.4 is 4.74 Å². The predicted molar refractivity (Wildman–Crippen MR) is 101 cm³/mol. The van der Waals surface area contributed by atoms with Gasteiger partial charge in [0.15, 0.2) is 6.61 Å². The molecule has 5 heteroatoms. The van der Waals surface area contributed by atoms with Crippen molar-refractivity contribution in [2.24, 2.45) is 0 Å². The van der Waals surface area contributed by atoms with Crippen LogP contribution in [-0.4, -0.2) is 37.5 Å². The predicted octanol–water partition coefficient (Wildman–Crippen LogP) is 3.22. The highest BCUT2D eigenvalue weighted by Gasteiger charge is 2.11. The number of likely N-dealkylation sites (N-methyl/N-ethyl adjacent to an activating group) is 1. The molecule has 0 aromatic heterocycles. The van der Waals surface area contributed by atoms with E-state index < -0.39 is 5.97 Å². The molecule has 0 fully saturated rings. The zero-order chi connectivity index (χ0) is 18.9. The standard InChI is InChI=1S/C21H23NO4/c1-16-4-6-18(7-5-16)14-22(2)20(23)15-26-21(24)13-10-17-8-11-19(25-3)12-9-17/h4-13H,14-15H2,1-3H3/b13-10+. The zero-order valence-electron chi connectivity index (χ0n) is 15.3. The third-order valence-corrected chi connectivity index (χ3v) is 3.83. The van der Waals surface area contributed by atoms with E-state index in [1.165, 1.54) is 16.5 Å². The number of methoxy groups -OCH3 is 1. The minimum Gasteiger partial charge on any atom is -0.497 e. The lowest BCUT2D eigenvalue weighted by Crippen LogP contribution is -2.30. The molecule has 0 saturated heterocycles. The number of amides is 1. The maximum absolute atomic E-state index is 12.1. The van der Waals surface area contributed by atoms with Gasteiger partial charge in [-0.3, -0.25) is 4.79 Å². The summed E-state index contributed by atoms with van der Waals surface area (Å²) in [5.41, 5.74) is 3.03. The Bertz CT molecular complexity index is 764. The molecule has 2 aromatic carbocycles. The van der Waals surface area contributed by atoms with E-state index in [-0.39, 0.29) is 12.5 Å². The molecule has 26 heavy (non-hydrogen) atoms. The van der Waals surface area contributed by atoms with Crippen molar-refractivity contribution >= 4 is 18.0 Å². The second-order valence-electron chi connectivity index (χ2n) is 5.95. The van der Waals surface area contributed by atoms with Gasteiger partial charge in [0.1, 0.15) is 5.75 Å². The van der Waals surface area contributed by atoms with E-state index >= 15 is 0 Å². The molecule has 0 spiro atoms. The van der Waals surface area contributed by atoms with E-state index in [1.807, 2.05) is 43.3 Å². The quantitative estimate of drug-likeness (QED) is 0.566. The van der Waals surface area contributed by atoms with Crippen molar-refractivity contribution in [3.8, 4) is 5.75 Å². The number of carbonyl (C=O) groups is 2. The first kappa shape index (κ1) is 19.2. The lowest BCUT2D eigenvalue weighted by Gasteiger charge is -2.17. The second-order valence-corrected chi connectivity index (χ2v) is 5.95. The van der Waals surface area contributed by atoms with Gasteiger partial charge in [-0.05, 0) is 36.3 Å². The SMILES string of the molecule is COc1ccc(/C=C/C(=O)OCC(=O)N(C)Cc2ccc(C)cc2)cc1. The summed E-state index contributed by atoms with van der Waals surface area (Å²) in [4.78, 5) is 25.4. The average molecular weight is 353 g/mol. The molecule has 0 bridgehead atoms. The molecule has 2 aromatic rings. The van der Waals surface area contributed by atoms with Gasteiger partial charge < -0.3 is 14.4 Å². The number of carbonyl (C=O) groups excluding carboxylic acids is 2. The van der Waals surface area contributed by atoms with Gasteiger partial charge in [-0.25, -0.2) is 4.79 Å². The van der Waals surface area contributed by atoms with E-state index in [9.17, 15) is 9.59 Å².